The van der Waals surface area contributed by atoms with E-state index in [2.05, 4.69) is 15.5 Å². The van der Waals surface area contributed by atoms with Crippen molar-refractivity contribution in [2.24, 2.45) is 0 Å². The molecule has 32 heavy (non-hydrogen) atoms. The van der Waals surface area contributed by atoms with Gasteiger partial charge < -0.3 is 19.9 Å². The van der Waals surface area contributed by atoms with E-state index in [1.165, 1.54) is 0 Å². The van der Waals surface area contributed by atoms with E-state index in [0.29, 0.717) is 46.9 Å². The average molecular weight is 433 g/mol. The number of hydrogen-bond acceptors (Lipinski definition) is 6. The average Bonchev–Trinajstić information content (AvgIpc) is 3.17. The summed E-state index contributed by atoms with van der Waals surface area (Å²) >= 11 is 0. The van der Waals surface area contributed by atoms with Crippen molar-refractivity contribution in [3.63, 3.8) is 0 Å². The number of ether oxygens (including phenoxy) is 2. The summed E-state index contributed by atoms with van der Waals surface area (Å²) in [5.74, 6) is 1.24. The van der Waals surface area contributed by atoms with Gasteiger partial charge in [-0.3, -0.25) is 19.8 Å². The number of benzene rings is 2. The van der Waals surface area contributed by atoms with E-state index in [1.54, 1.807) is 32.4 Å². The lowest BCUT2D eigenvalue weighted by molar-refractivity contribution is -0.116. The molecule has 0 fully saturated rings. The number of methoxy groups -OCH3 is 2. The van der Waals surface area contributed by atoms with Crippen LogP contribution in [0.4, 0.5) is 5.82 Å². The molecule has 2 atom stereocenters. The van der Waals surface area contributed by atoms with Gasteiger partial charge in [-0.1, -0.05) is 18.2 Å². The third-order valence-electron chi connectivity index (χ3n) is 6.26. The Kier molecular flexibility index (Phi) is 4.77. The molecule has 164 valence electrons. The summed E-state index contributed by atoms with van der Waals surface area (Å²) in [4.78, 5) is 26.0. The molecule has 8 nitrogen and oxygen atoms in total. The van der Waals surface area contributed by atoms with E-state index in [4.69, 9.17) is 9.47 Å². The Labute approximate surface area is 183 Å². The second-order valence-electron chi connectivity index (χ2n) is 8.06. The Morgan fingerprint density at radius 3 is 2.50 bits per heavy atom. The first kappa shape index (κ1) is 20.0. The molecule has 1 aliphatic heterocycles. The van der Waals surface area contributed by atoms with E-state index >= 15 is 0 Å². The highest BCUT2D eigenvalue weighted by atomic mass is 16.5. The Bertz CT molecular complexity index is 1300. The van der Waals surface area contributed by atoms with Gasteiger partial charge in [0.05, 0.1) is 19.8 Å². The molecule has 0 unspecified atom stereocenters. The number of hydrogen-bond donors (Lipinski definition) is 4. The zero-order valence-electron chi connectivity index (χ0n) is 17.7. The molecule has 5 rings (SSSR count). The number of nitrogens with one attached hydrogen (secondary N) is 3. The number of fused-ring (bicyclic) bond motifs is 1. The van der Waals surface area contributed by atoms with E-state index in [-0.39, 0.29) is 23.0 Å². The molecule has 2 aromatic carbocycles. The van der Waals surface area contributed by atoms with Crippen LogP contribution in [0.15, 0.2) is 58.5 Å². The van der Waals surface area contributed by atoms with Crippen LogP contribution in [0.3, 0.4) is 0 Å². The molecule has 1 aliphatic carbocycles. The van der Waals surface area contributed by atoms with Gasteiger partial charge in [-0.05, 0) is 47.7 Å². The van der Waals surface area contributed by atoms with Crippen LogP contribution in [-0.4, -0.2) is 35.3 Å². The molecule has 8 heteroatoms. The first-order chi connectivity index (χ1) is 15.5. The number of carbonyl (C=O) groups is 1. The number of allylic oxidation sites excluding steroid dienone is 2. The van der Waals surface area contributed by atoms with Crippen LogP contribution in [0.25, 0.3) is 0 Å². The van der Waals surface area contributed by atoms with E-state index in [9.17, 15) is 14.7 Å². The number of phenols is 1. The summed E-state index contributed by atoms with van der Waals surface area (Å²) in [7, 11) is 3.17. The van der Waals surface area contributed by atoms with Gasteiger partial charge in [-0.2, -0.15) is 0 Å². The lowest BCUT2D eigenvalue weighted by Gasteiger charge is -2.34. The largest absolute Gasteiger partial charge is 0.508 e. The monoisotopic (exact) mass is 433 g/mol. The molecular formula is C24H23N3O5. The summed E-state index contributed by atoms with van der Waals surface area (Å²) in [5.41, 5.74) is 3.19. The zero-order chi connectivity index (χ0) is 22.4. The maximum atomic E-state index is 13.5. The fourth-order valence-corrected chi connectivity index (χ4v) is 4.80. The summed E-state index contributed by atoms with van der Waals surface area (Å²) in [6, 6.07) is 12.4. The number of aromatic nitrogens is 2. The van der Waals surface area contributed by atoms with Gasteiger partial charge in [0.1, 0.15) is 11.6 Å². The third-order valence-corrected chi connectivity index (χ3v) is 6.26. The Morgan fingerprint density at radius 1 is 0.938 bits per heavy atom. The fourth-order valence-electron chi connectivity index (χ4n) is 4.80. The first-order valence-corrected chi connectivity index (χ1v) is 10.3. The van der Waals surface area contributed by atoms with Crippen molar-refractivity contribution in [1.29, 1.82) is 0 Å². The van der Waals surface area contributed by atoms with Gasteiger partial charge in [0.15, 0.2) is 17.3 Å². The van der Waals surface area contributed by atoms with Crippen molar-refractivity contribution >= 4 is 11.6 Å². The summed E-state index contributed by atoms with van der Waals surface area (Å²) in [6.45, 7) is 0. The lowest BCUT2D eigenvalue weighted by atomic mass is 9.73. The molecule has 2 aliphatic rings. The van der Waals surface area contributed by atoms with Gasteiger partial charge in [0.2, 0.25) is 0 Å². The van der Waals surface area contributed by atoms with Crippen LogP contribution in [0, 0.1) is 0 Å². The minimum Gasteiger partial charge on any atom is -0.508 e. The number of carbonyl (C=O) groups excluding carboxylic acids is 1. The number of rotatable bonds is 4. The Hall–Kier alpha value is -3.94. The molecular weight excluding hydrogens is 410 g/mol. The Balaban J connectivity index is 1.59. The Morgan fingerprint density at radius 2 is 1.75 bits per heavy atom. The molecule has 4 N–H and O–H groups in total. The standard InChI is InChI=1S/C24H23N3O5/c1-31-18-7-6-12(11-19(18)32-2)14-9-16-21(17(29)10-14)20(13-4-3-5-15(28)8-13)22-23(25-16)26-27-24(22)30/h3-8,11,14,20,28H,9-10H2,1-2H3,(H3,25,26,27,30)/t14-,20-/m0/s1. The molecule has 0 bridgehead atoms. The molecule has 0 saturated heterocycles. The fraction of sp³-hybridized carbons (Fsp3) is 0.250. The first-order valence-electron chi connectivity index (χ1n) is 10.3. The van der Waals surface area contributed by atoms with Crippen molar-refractivity contribution in [1.82, 2.24) is 10.2 Å². The number of Topliss-reactive ketones (excluding diaryl/α,β-unsaturated/α-hetero) is 1. The van der Waals surface area contributed by atoms with E-state index < -0.39 is 5.92 Å². The molecule has 1 aromatic heterocycles. The molecule has 0 radical (unpaired) electrons. The molecule has 3 aromatic rings. The van der Waals surface area contributed by atoms with Gasteiger partial charge in [0, 0.05) is 23.6 Å². The topological polar surface area (TPSA) is 116 Å². The number of ketones is 1. The maximum absolute atomic E-state index is 13.5. The minimum absolute atomic E-state index is 0.0295. The summed E-state index contributed by atoms with van der Waals surface area (Å²) in [6.07, 6.45) is 0.904. The number of anilines is 1. The highest BCUT2D eigenvalue weighted by Crippen LogP contribution is 2.47. The quantitative estimate of drug-likeness (QED) is 0.501. The second kappa shape index (κ2) is 7.64. The normalized spacial score (nSPS) is 19.8. The number of H-pyrrole nitrogens is 2. The molecule has 2 heterocycles. The second-order valence-corrected chi connectivity index (χ2v) is 8.06. The predicted octanol–water partition coefficient (Wildman–Crippen LogP) is 3.38. The highest BCUT2D eigenvalue weighted by Gasteiger charge is 2.40. The highest BCUT2D eigenvalue weighted by molar-refractivity contribution is 6.01. The summed E-state index contributed by atoms with van der Waals surface area (Å²) < 4.78 is 10.8. The van der Waals surface area contributed by atoms with Crippen molar-refractivity contribution in [3.8, 4) is 17.2 Å². The maximum Gasteiger partial charge on any atom is 0.270 e. The molecule has 0 saturated carbocycles. The van der Waals surface area contributed by atoms with Crippen molar-refractivity contribution < 1.29 is 19.4 Å². The van der Waals surface area contributed by atoms with Crippen LogP contribution in [0.2, 0.25) is 0 Å². The van der Waals surface area contributed by atoms with E-state index in [1.807, 2.05) is 24.3 Å². The van der Waals surface area contributed by atoms with Gasteiger partial charge >= 0.3 is 0 Å². The van der Waals surface area contributed by atoms with Crippen molar-refractivity contribution in [3.05, 3.63) is 80.8 Å². The van der Waals surface area contributed by atoms with Gasteiger partial charge in [-0.15, -0.1) is 0 Å². The van der Waals surface area contributed by atoms with Gasteiger partial charge in [-0.25, -0.2) is 0 Å². The SMILES string of the molecule is COc1ccc([C@@H]2CC(=O)C3=C(C2)Nc2[nH][nH]c(=O)c2[C@H]3c2cccc(O)c2)cc1OC. The van der Waals surface area contributed by atoms with E-state index in [0.717, 1.165) is 11.3 Å². The van der Waals surface area contributed by atoms with Crippen molar-refractivity contribution in [2.45, 2.75) is 24.7 Å². The minimum atomic E-state index is -0.554. The van der Waals surface area contributed by atoms with Crippen LogP contribution in [-0.2, 0) is 4.79 Å². The lowest BCUT2D eigenvalue weighted by Crippen LogP contribution is -2.31. The van der Waals surface area contributed by atoms with Crippen LogP contribution < -0.4 is 20.3 Å². The van der Waals surface area contributed by atoms with Crippen molar-refractivity contribution in [2.75, 3.05) is 19.5 Å². The summed E-state index contributed by atoms with van der Waals surface area (Å²) in [5, 5.41) is 18.8. The van der Waals surface area contributed by atoms with Gasteiger partial charge in [0.25, 0.3) is 5.56 Å². The molecule has 0 amide bonds. The number of aromatic hydroxyl groups is 1. The predicted molar refractivity (Wildman–Crippen MR) is 119 cm³/mol. The van der Waals surface area contributed by atoms with Crippen LogP contribution in [0.1, 0.15) is 41.4 Å². The van der Waals surface area contributed by atoms with Crippen LogP contribution in [0.5, 0.6) is 17.2 Å². The third kappa shape index (κ3) is 3.15. The smallest absolute Gasteiger partial charge is 0.270 e. The number of phenolic OH excluding ortho intramolecular Hbond substituents is 1. The molecule has 0 spiro atoms. The number of aromatic amines is 2. The van der Waals surface area contributed by atoms with Crippen LogP contribution >= 0.6 is 0 Å². The zero-order valence-corrected chi connectivity index (χ0v) is 17.7.